The Hall–Kier alpha value is 0.630. The zero-order valence-electron chi connectivity index (χ0n) is 5.55. The number of rotatable bonds is 0. The van der Waals surface area contributed by atoms with E-state index in [0.29, 0.717) is 13.3 Å². The summed E-state index contributed by atoms with van der Waals surface area (Å²) in [5.74, 6) is 0. The maximum atomic E-state index is 9.09. The number of aliphatic hydroxyl groups excluding tert-OH is 3. The Bertz CT molecular complexity index is 116. The Morgan fingerprint density at radius 3 is 1.00 bits per heavy atom. The number of hydrogen-bond donors (Lipinski definition) is 3. The molecule has 6 nitrogen and oxygen atoms in total. The third kappa shape index (κ3) is 1.63. The lowest BCUT2D eigenvalue weighted by Gasteiger charge is -2.42. The Labute approximate surface area is 83.4 Å². The molecule has 1 aliphatic heterocycles. The van der Waals surface area contributed by atoms with Crippen molar-refractivity contribution in [1.82, 2.24) is 13.3 Å². The topological polar surface area (TPSA) is 70.4 Å². The highest BCUT2D eigenvalue weighted by atomic mass is 35.5. The van der Waals surface area contributed by atoms with E-state index in [0.717, 1.165) is 0 Å². The molecule has 1 aliphatic rings. The van der Waals surface area contributed by atoms with Crippen LogP contribution in [0.1, 0.15) is 0 Å². The fraction of sp³-hybridized carbons (Fsp3) is 1.00. The second-order valence-corrected chi connectivity index (χ2v) is 3.24. The summed E-state index contributed by atoms with van der Waals surface area (Å²) in [4.78, 5) is 0. The van der Waals surface area contributed by atoms with Crippen LogP contribution in [0.5, 0.6) is 0 Å². The molecule has 0 aromatic rings. The van der Waals surface area contributed by atoms with Gasteiger partial charge in [0.05, 0.1) is 0 Å². The van der Waals surface area contributed by atoms with Gasteiger partial charge in [0, 0.05) is 0 Å². The quantitative estimate of drug-likeness (QED) is 0.480. The van der Waals surface area contributed by atoms with Gasteiger partial charge in [0.1, 0.15) is 0 Å². The lowest BCUT2D eigenvalue weighted by atomic mass is 10.6. The number of halogens is 3. The fourth-order valence-electron chi connectivity index (χ4n) is 0.674. The Kier molecular flexibility index (Phi) is 3.38. The molecule has 1 saturated heterocycles. The first-order chi connectivity index (χ1) is 5.46. The van der Waals surface area contributed by atoms with Crippen molar-refractivity contribution in [3.63, 3.8) is 0 Å². The van der Waals surface area contributed by atoms with E-state index in [2.05, 4.69) is 0 Å². The summed E-state index contributed by atoms with van der Waals surface area (Å²) >= 11 is 16.0. The van der Waals surface area contributed by atoms with Gasteiger partial charge in [0.25, 0.3) is 0 Å². The van der Waals surface area contributed by atoms with E-state index in [4.69, 9.17) is 50.6 Å². The zero-order chi connectivity index (χ0) is 9.46. The summed E-state index contributed by atoms with van der Waals surface area (Å²) in [6, 6.07) is 0. The average Bonchev–Trinajstić information content (AvgIpc) is 2.08. The van der Waals surface area contributed by atoms with Crippen molar-refractivity contribution in [2.45, 2.75) is 19.1 Å². The summed E-state index contributed by atoms with van der Waals surface area (Å²) in [6.07, 6.45) is -4.56. The van der Waals surface area contributed by atoms with E-state index in [1.165, 1.54) is 0 Å². The van der Waals surface area contributed by atoms with Crippen LogP contribution in [0, 0.1) is 0 Å². The standard InChI is InChI=1S/C3H6Cl3N3O3/c4-7-1(10)8(5)3(12)9(6)2(7)11/h1-3,10-12H. The molecule has 12 heavy (non-hydrogen) atoms. The molecule has 1 fully saturated rings. The van der Waals surface area contributed by atoms with Gasteiger partial charge in [-0.1, -0.05) is 0 Å². The minimum atomic E-state index is -1.52. The molecule has 0 amide bonds. The van der Waals surface area contributed by atoms with Gasteiger partial charge in [0.2, 0.25) is 0 Å². The second-order valence-electron chi connectivity index (χ2n) is 2.07. The molecule has 3 N–H and O–H groups in total. The first kappa shape index (κ1) is 10.7. The molecule has 0 saturated carbocycles. The largest absolute Gasteiger partial charge is 0.363 e. The van der Waals surface area contributed by atoms with Crippen LogP contribution in [0.4, 0.5) is 0 Å². The Morgan fingerprint density at radius 2 is 0.833 bits per heavy atom. The monoisotopic (exact) mass is 237 g/mol. The van der Waals surface area contributed by atoms with Crippen LogP contribution in [-0.2, 0) is 0 Å². The van der Waals surface area contributed by atoms with E-state index in [1.54, 1.807) is 0 Å². The smallest absolute Gasteiger partial charge is 0.199 e. The summed E-state index contributed by atoms with van der Waals surface area (Å²) < 4.78 is 1.60. The minimum absolute atomic E-state index is 0.534. The molecule has 0 aliphatic carbocycles. The van der Waals surface area contributed by atoms with E-state index in [1.807, 2.05) is 0 Å². The molecular weight excluding hydrogens is 232 g/mol. The third-order valence-electron chi connectivity index (χ3n) is 1.32. The third-order valence-corrected chi connectivity index (χ3v) is 2.37. The molecule has 0 aromatic carbocycles. The fourth-order valence-corrected chi connectivity index (χ4v) is 1.37. The molecule has 0 bridgehead atoms. The predicted molar refractivity (Wildman–Crippen MR) is 41.1 cm³/mol. The minimum Gasteiger partial charge on any atom is -0.363 e. The Balaban J connectivity index is 2.76. The zero-order valence-corrected chi connectivity index (χ0v) is 7.82. The van der Waals surface area contributed by atoms with Gasteiger partial charge in [-0.15, -0.1) is 13.3 Å². The molecule has 0 aromatic heterocycles. The summed E-state index contributed by atoms with van der Waals surface area (Å²) in [6.45, 7) is 0. The van der Waals surface area contributed by atoms with Crippen LogP contribution in [0.2, 0.25) is 0 Å². The molecule has 0 unspecified atom stereocenters. The van der Waals surface area contributed by atoms with Gasteiger partial charge in [-0.2, -0.15) is 0 Å². The summed E-state index contributed by atoms with van der Waals surface area (Å²) in [7, 11) is 0. The van der Waals surface area contributed by atoms with Gasteiger partial charge in [-0.3, -0.25) is 0 Å². The first-order valence-electron chi connectivity index (χ1n) is 2.83. The average molecular weight is 238 g/mol. The number of nitrogens with zero attached hydrogens (tertiary/aromatic N) is 3. The highest BCUT2D eigenvalue weighted by Gasteiger charge is 2.43. The second kappa shape index (κ2) is 3.79. The highest BCUT2D eigenvalue weighted by Crippen LogP contribution is 2.26. The molecule has 1 heterocycles. The number of hydrogen-bond acceptors (Lipinski definition) is 6. The van der Waals surface area contributed by atoms with Crippen LogP contribution in [0.25, 0.3) is 0 Å². The molecule has 1 rings (SSSR count). The molecule has 0 spiro atoms. The van der Waals surface area contributed by atoms with Crippen molar-refractivity contribution in [1.29, 1.82) is 0 Å². The van der Waals surface area contributed by atoms with Crippen LogP contribution < -0.4 is 0 Å². The Morgan fingerprint density at radius 1 is 0.667 bits per heavy atom. The lowest BCUT2D eigenvalue weighted by Crippen LogP contribution is -2.63. The molecule has 0 atom stereocenters. The SMILES string of the molecule is OC1N(Cl)C(O)N(Cl)C(O)N1Cl. The van der Waals surface area contributed by atoms with Crippen molar-refractivity contribution in [2.75, 3.05) is 0 Å². The molecule has 9 heteroatoms. The van der Waals surface area contributed by atoms with Crippen LogP contribution >= 0.6 is 35.3 Å². The highest BCUT2D eigenvalue weighted by molar-refractivity contribution is 6.18. The van der Waals surface area contributed by atoms with E-state index in [-0.39, 0.29) is 0 Å². The van der Waals surface area contributed by atoms with E-state index in [9.17, 15) is 0 Å². The van der Waals surface area contributed by atoms with Crippen molar-refractivity contribution >= 4 is 35.3 Å². The summed E-state index contributed by atoms with van der Waals surface area (Å²) in [5.41, 5.74) is 0. The molecule has 0 radical (unpaired) electrons. The van der Waals surface area contributed by atoms with Crippen LogP contribution in [0.15, 0.2) is 0 Å². The van der Waals surface area contributed by atoms with Crippen molar-refractivity contribution < 1.29 is 15.3 Å². The van der Waals surface area contributed by atoms with Gasteiger partial charge >= 0.3 is 0 Å². The number of aliphatic hydroxyl groups is 3. The summed E-state index contributed by atoms with van der Waals surface area (Å²) in [5, 5.41) is 27.3. The van der Waals surface area contributed by atoms with Crippen LogP contribution in [-0.4, -0.2) is 47.6 Å². The normalized spacial score (nSPS) is 42.0. The maximum absolute atomic E-state index is 9.09. The van der Waals surface area contributed by atoms with Gasteiger partial charge in [-0.25, -0.2) is 0 Å². The van der Waals surface area contributed by atoms with E-state index >= 15 is 0 Å². The van der Waals surface area contributed by atoms with Gasteiger partial charge in [0.15, 0.2) is 19.1 Å². The lowest BCUT2D eigenvalue weighted by molar-refractivity contribution is -0.258. The van der Waals surface area contributed by atoms with Crippen molar-refractivity contribution in [2.24, 2.45) is 0 Å². The maximum Gasteiger partial charge on any atom is 0.199 e. The van der Waals surface area contributed by atoms with Crippen molar-refractivity contribution in [3.8, 4) is 0 Å². The van der Waals surface area contributed by atoms with Gasteiger partial charge < -0.3 is 15.3 Å². The van der Waals surface area contributed by atoms with Crippen LogP contribution in [0.3, 0.4) is 0 Å². The molecular formula is C3H6Cl3N3O3. The van der Waals surface area contributed by atoms with Crippen molar-refractivity contribution in [3.05, 3.63) is 0 Å². The first-order valence-corrected chi connectivity index (χ1v) is 3.85. The van der Waals surface area contributed by atoms with E-state index < -0.39 is 19.1 Å². The predicted octanol–water partition coefficient (Wildman–Crippen LogP) is -0.805. The molecule has 72 valence electrons. The van der Waals surface area contributed by atoms with Gasteiger partial charge in [-0.05, 0) is 35.3 Å².